The van der Waals surface area contributed by atoms with Crippen LogP contribution in [0.2, 0.25) is 0 Å². The molecule has 0 fully saturated rings. The Bertz CT molecular complexity index is 727. The predicted octanol–water partition coefficient (Wildman–Crippen LogP) is 4.16. The standard InChI is InChI=1S/C20H22FN3/c1-22-12-11-20(16-3-2-4-19(21)10-9-16)17-7-5-15(6-8-17)18-13-23-24-14-18/h2-10,13-14,19-20,22H,11-12H2,1H3,(H,23,24). The van der Waals surface area contributed by atoms with Crippen molar-refractivity contribution in [3.63, 3.8) is 0 Å². The Morgan fingerprint density at radius 2 is 2.04 bits per heavy atom. The normalized spacial score (nSPS) is 18.2. The summed E-state index contributed by atoms with van der Waals surface area (Å²) in [5.41, 5.74) is 4.58. The minimum absolute atomic E-state index is 0.238. The highest BCUT2D eigenvalue weighted by atomic mass is 19.1. The molecule has 4 heteroatoms. The Labute approximate surface area is 142 Å². The van der Waals surface area contributed by atoms with Gasteiger partial charge in [0.15, 0.2) is 0 Å². The highest BCUT2D eigenvalue weighted by Gasteiger charge is 2.16. The lowest BCUT2D eigenvalue weighted by molar-refractivity contribution is 0.469. The van der Waals surface area contributed by atoms with E-state index in [1.807, 2.05) is 37.7 Å². The Morgan fingerprint density at radius 3 is 2.75 bits per heavy atom. The van der Waals surface area contributed by atoms with Crippen molar-refractivity contribution in [3.05, 3.63) is 78.2 Å². The van der Waals surface area contributed by atoms with Gasteiger partial charge in [0, 0.05) is 17.7 Å². The molecule has 2 aromatic rings. The fourth-order valence-corrected chi connectivity index (χ4v) is 2.96. The van der Waals surface area contributed by atoms with Crippen LogP contribution in [0.3, 0.4) is 0 Å². The maximum Gasteiger partial charge on any atom is 0.137 e. The molecular weight excluding hydrogens is 301 g/mol. The second-order valence-electron chi connectivity index (χ2n) is 5.91. The van der Waals surface area contributed by atoms with Crippen molar-refractivity contribution >= 4 is 0 Å². The number of allylic oxidation sites excluding steroid dienone is 6. The molecule has 0 bridgehead atoms. The lowest BCUT2D eigenvalue weighted by Gasteiger charge is -2.19. The first-order valence-electron chi connectivity index (χ1n) is 8.22. The van der Waals surface area contributed by atoms with Crippen LogP contribution in [0.4, 0.5) is 4.39 Å². The van der Waals surface area contributed by atoms with Crippen molar-refractivity contribution in [1.82, 2.24) is 15.5 Å². The minimum Gasteiger partial charge on any atom is -0.320 e. The van der Waals surface area contributed by atoms with Crippen LogP contribution in [0.1, 0.15) is 17.9 Å². The number of alkyl halides is 1. The van der Waals surface area contributed by atoms with Crippen molar-refractivity contribution < 1.29 is 4.39 Å². The van der Waals surface area contributed by atoms with Crippen LogP contribution in [0.5, 0.6) is 0 Å². The first-order chi connectivity index (χ1) is 11.8. The van der Waals surface area contributed by atoms with Gasteiger partial charge in [-0.05, 0) is 48.9 Å². The maximum absolute atomic E-state index is 13.5. The molecule has 1 aromatic heterocycles. The molecule has 2 N–H and O–H groups in total. The molecule has 1 heterocycles. The molecule has 3 rings (SSSR count). The van der Waals surface area contributed by atoms with E-state index in [1.54, 1.807) is 12.2 Å². The fourth-order valence-electron chi connectivity index (χ4n) is 2.96. The molecule has 0 saturated carbocycles. The number of nitrogens with one attached hydrogen (secondary N) is 2. The van der Waals surface area contributed by atoms with Gasteiger partial charge in [-0.2, -0.15) is 5.10 Å². The quantitative estimate of drug-likeness (QED) is 0.838. The predicted molar refractivity (Wildman–Crippen MR) is 96.6 cm³/mol. The van der Waals surface area contributed by atoms with Gasteiger partial charge in [-0.1, -0.05) is 42.5 Å². The van der Waals surface area contributed by atoms with Gasteiger partial charge in [-0.25, -0.2) is 4.39 Å². The summed E-state index contributed by atoms with van der Waals surface area (Å²) in [7, 11) is 1.95. The zero-order chi connectivity index (χ0) is 16.8. The van der Waals surface area contributed by atoms with Gasteiger partial charge in [0.25, 0.3) is 0 Å². The summed E-state index contributed by atoms with van der Waals surface area (Å²) in [6.45, 7) is 0.905. The number of halogens is 1. The van der Waals surface area contributed by atoms with Gasteiger partial charge in [-0.15, -0.1) is 0 Å². The van der Waals surface area contributed by atoms with Crippen LogP contribution in [0.15, 0.2) is 72.6 Å². The maximum atomic E-state index is 13.5. The summed E-state index contributed by atoms with van der Waals surface area (Å²) in [5.74, 6) is 0.238. The van der Waals surface area contributed by atoms with Crippen molar-refractivity contribution in [1.29, 1.82) is 0 Å². The largest absolute Gasteiger partial charge is 0.320 e. The van der Waals surface area contributed by atoms with E-state index in [2.05, 4.69) is 39.8 Å². The average molecular weight is 323 g/mol. The van der Waals surface area contributed by atoms with Gasteiger partial charge >= 0.3 is 0 Å². The molecular formula is C20H22FN3. The van der Waals surface area contributed by atoms with E-state index >= 15 is 0 Å². The number of aromatic nitrogens is 2. The van der Waals surface area contributed by atoms with Gasteiger partial charge in [-0.3, -0.25) is 5.10 Å². The van der Waals surface area contributed by atoms with E-state index in [1.165, 1.54) is 5.56 Å². The molecule has 24 heavy (non-hydrogen) atoms. The highest BCUT2D eigenvalue weighted by molar-refractivity contribution is 5.62. The summed E-state index contributed by atoms with van der Waals surface area (Å²) in [5, 5.41) is 10.0. The van der Waals surface area contributed by atoms with Crippen LogP contribution in [0.25, 0.3) is 11.1 Å². The zero-order valence-corrected chi connectivity index (χ0v) is 13.7. The number of H-pyrrole nitrogens is 1. The monoisotopic (exact) mass is 323 g/mol. The Kier molecular flexibility index (Phi) is 5.39. The summed E-state index contributed by atoms with van der Waals surface area (Å²) < 4.78 is 13.5. The molecule has 124 valence electrons. The topological polar surface area (TPSA) is 40.7 Å². The van der Waals surface area contributed by atoms with Gasteiger partial charge in [0.05, 0.1) is 6.20 Å². The Hall–Kier alpha value is -2.46. The minimum atomic E-state index is -1.01. The smallest absolute Gasteiger partial charge is 0.137 e. The van der Waals surface area contributed by atoms with Crippen LogP contribution < -0.4 is 5.32 Å². The van der Waals surface area contributed by atoms with E-state index in [0.717, 1.165) is 29.7 Å². The molecule has 2 atom stereocenters. The second-order valence-corrected chi connectivity index (χ2v) is 5.91. The van der Waals surface area contributed by atoms with Gasteiger partial charge < -0.3 is 5.32 Å². The van der Waals surface area contributed by atoms with Crippen LogP contribution in [0, 0.1) is 0 Å². The van der Waals surface area contributed by atoms with Crippen molar-refractivity contribution in [3.8, 4) is 11.1 Å². The lowest BCUT2D eigenvalue weighted by atomic mass is 9.87. The van der Waals surface area contributed by atoms with E-state index in [9.17, 15) is 4.39 Å². The first-order valence-corrected chi connectivity index (χ1v) is 8.22. The second kappa shape index (κ2) is 7.88. The Morgan fingerprint density at radius 1 is 1.21 bits per heavy atom. The van der Waals surface area contributed by atoms with Crippen molar-refractivity contribution in [2.75, 3.05) is 13.6 Å². The van der Waals surface area contributed by atoms with Crippen LogP contribution in [-0.4, -0.2) is 30.0 Å². The van der Waals surface area contributed by atoms with Crippen molar-refractivity contribution in [2.45, 2.75) is 18.5 Å². The third-order valence-electron chi connectivity index (χ3n) is 4.29. The summed E-state index contributed by atoms with van der Waals surface area (Å²) in [4.78, 5) is 0. The zero-order valence-electron chi connectivity index (χ0n) is 13.7. The van der Waals surface area contributed by atoms with Gasteiger partial charge in [0.1, 0.15) is 6.17 Å². The van der Waals surface area contributed by atoms with E-state index in [4.69, 9.17) is 0 Å². The fraction of sp³-hybridized carbons (Fsp3) is 0.250. The lowest BCUT2D eigenvalue weighted by Crippen LogP contribution is -2.13. The molecule has 0 saturated heterocycles. The highest BCUT2D eigenvalue weighted by Crippen LogP contribution is 2.31. The third kappa shape index (κ3) is 3.89. The third-order valence-corrected chi connectivity index (χ3v) is 4.29. The van der Waals surface area contributed by atoms with Crippen LogP contribution in [-0.2, 0) is 0 Å². The number of benzene rings is 1. The van der Waals surface area contributed by atoms with E-state index in [0.29, 0.717) is 0 Å². The Balaban J connectivity index is 1.87. The average Bonchev–Trinajstić information content (AvgIpc) is 3.06. The molecule has 3 nitrogen and oxygen atoms in total. The summed E-state index contributed by atoms with van der Waals surface area (Å²) in [6, 6.07) is 8.53. The molecule has 1 aliphatic rings. The molecule has 2 unspecified atom stereocenters. The molecule has 0 spiro atoms. The molecule has 0 amide bonds. The van der Waals surface area contributed by atoms with Crippen molar-refractivity contribution in [2.24, 2.45) is 0 Å². The molecule has 0 radical (unpaired) electrons. The molecule has 0 aliphatic heterocycles. The van der Waals surface area contributed by atoms with Gasteiger partial charge in [0.2, 0.25) is 0 Å². The SMILES string of the molecule is CNCCC(C1=CC=CC(F)C=C1)c1ccc(-c2cn[nH]c2)cc1. The summed E-state index contributed by atoms with van der Waals surface area (Å²) in [6.07, 6.45) is 12.6. The van der Waals surface area contributed by atoms with E-state index in [-0.39, 0.29) is 5.92 Å². The number of rotatable bonds is 6. The molecule has 1 aromatic carbocycles. The number of nitrogens with zero attached hydrogens (tertiary/aromatic N) is 1. The number of hydrogen-bond donors (Lipinski definition) is 2. The first kappa shape index (κ1) is 16.4. The number of hydrogen-bond acceptors (Lipinski definition) is 2. The molecule has 1 aliphatic carbocycles. The van der Waals surface area contributed by atoms with Crippen LogP contribution >= 0.6 is 0 Å². The van der Waals surface area contributed by atoms with E-state index < -0.39 is 6.17 Å². The number of aromatic amines is 1. The summed E-state index contributed by atoms with van der Waals surface area (Å²) >= 11 is 0.